The topological polar surface area (TPSA) is 116 Å². The zero-order chi connectivity index (χ0) is 24.1. The summed E-state index contributed by atoms with van der Waals surface area (Å²) in [6.45, 7) is 3.76. The number of aromatic nitrogens is 1. The molecular formula is C24H23N3O6. The predicted molar refractivity (Wildman–Crippen MR) is 119 cm³/mol. The molecule has 1 aromatic heterocycles. The minimum absolute atomic E-state index is 0.228. The van der Waals surface area contributed by atoms with Gasteiger partial charge in [0.25, 0.3) is 11.8 Å². The van der Waals surface area contributed by atoms with Gasteiger partial charge >= 0.3 is 11.9 Å². The van der Waals surface area contributed by atoms with E-state index in [1.54, 1.807) is 6.07 Å². The maximum atomic E-state index is 12.7. The predicted octanol–water partition coefficient (Wildman–Crippen LogP) is 2.74. The molecule has 9 heteroatoms. The molecule has 0 aliphatic carbocycles. The van der Waals surface area contributed by atoms with Crippen LogP contribution in [-0.4, -0.2) is 42.5 Å². The van der Waals surface area contributed by atoms with Crippen molar-refractivity contribution in [2.75, 3.05) is 14.2 Å². The van der Waals surface area contributed by atoms with Gasteiger partial charge in [-0.25, -0.2) is 9.59 Å². The monoisotopic (exact) mass is 449 g/mol. The molecule has 0 bridgehead atoms. The van der Waals surface area contributed by atoms with Crippen molar-refractivity contribution in [3.8, 4) is 5.69 Å². The molecule has 0 saturated heterocycles. The molecule has 0 unspecified atom stereocenters. The second kappa shape index (κ2) is 9.82. The molecule has 9 nitrogen and oxygen atoms in total. The maximum absolute atomic E-state index is 12.7. The fourth-order valence-corrected chi connectivity index (χ4v) is 3.32. The number of hydrogen-bond donors (Lipinski definition) is 2. The summed E-state index contributed by atoms with van der Waals surface area (Å²) in [6, 6.07) is 14.1. The van der Waals surface area contributed by atoms with Crippen LogP contribution in [0.3, 0.4) is 0 Å². The summed E-state index contributed by atoms with van der Waals surface area (Å²) < 4.78 is 11.3. The van der Waals surface area contributed by atoms with Gasteiger partial charge in [-0.3, -0.25) is 20.4 Å². The lowest BCUT2D eigenvalue weighted by Gasteiger charge is -2.15. The van der Waals surface area contributed by atoms with Gasteiger partial charge in [-0.15, -0.1) is 0 Å². The molecule has 2 amide bonds. The fraction of sp³-hybridized carbons (Fsp3) is 0.167. The van der Waals surface area contributed by atoms with Crippen molar-refractivity contribution in [1.29, 1.82) is 0 Å². The molecule has 0 atom stereocenters. The molecule has 33 heavy (non-hydrogen) atoms. The van der Waals surface area contributed by atoms with Gasteiger partial charge < -0.3 is 14.0 Å². The van der Waals surface area contributed by atoms with Crippen molar-refractivity contribution < 1.29 is 28.7 Å². The minimum Gasteiger partial charge on any atom is -0.465 e. The molecule has 0 aliphatic heterocycles. The average Bonchev–Trinajstić information content (AvgIpc) is 3.18. The van der Waals surface area contributed by atoms with E-state index in [9.17, 15) is 19.2 Å². The molecule has 170 valence electrons. The maximum Gasteiger partial charge on any atom is 0.339 e. The number of hydrogen-bond acceptors (Lipinski definition) is 6. The van der Waals surface area contributed by atoms with Crippen LogP contribution in [0.2, 0.25) is 0 Å². The summed E-state index contributed by atoms with van der Waals surface area (Å²) in [4.78, 5) is 48.8. The number of methoxy groups -OCH3 is 2. The summed E-state index contributed by atoms with van der Waals surface area (Å²) in [6.07, 6.45) is 0. The smallest absolute Gasteiger partial charge is 0.339 e. The quantitative estimate of drug-likeness (QED) is 0.457. The lowest BCUT2D eigenvalue weighted by Crippen LogP contribution is -2.41. The van der Waals surface area contributed by atoms with Crippen LogP contribution in [0.25, 0.3) is 5.69 Å². The number of nitrogens with zero attached hydrogens (tertiary/aromatic N) is 1. The highest BCUT2D eigenvalue weighted by atomic mass is 16.5. The van der Waals surface area contributed by atoms with E-state index in [-0.39, 0.29) is 11.1 Å². The zero-order valence-corrected chi connectivity index (χ0v) is 18.6. The number of esters is 2. The van der Waals surface area contributed by atoms with Gasteiger partial charge in [0.05, 0.1) is 31.0 Å². The molecule has 2 N–H and O–H groups in total. The first-order chi connectivity index (χ1) is 15.8. The Kier molecular flexibility index (Phi) is 6.92. The number of ether oxygens (including phenoxy) is 2. The van der Waals surface area contributed by atoms with Gasteiger partial charge in [0.1, 0.15) is 0 Å². The van der Waals surface area contributed by atoms with Crippen LogP contribution >= 0.6 is 0 Å². The van der Waals surface area contributed by atoms with E-state index in [1.807, 2.05) is 30.5 Å². The standard InChI is InChI=1S/C24H23N3O6/c1-14-5-6-15(2)27(14)20-13-18(11-12-19(20)24(31)33-4)22(29)26-25-21(28)16-7-9-17(10-8-16)23(30)32-3/h5-13H,1-4H3,(H,25,28)(H,26,29). The van der Waals surface area contributed by atoms with Crippen molar-refractivity contribution in [2.45, 2.75) is 13.8 Å². The summed E-state index contributed by atoms with van der Waals surface area (Å²) in [5, 5.41) is 0. The molecule has 0 fully saturated rings. The molecule has 0 saturated carbocycles. The average molecular weight is 449 g/mol. The number of rotatable bonds is 5. The third-order valence-corrected chi connectivity index (χ3v) is 5.04. The number of hydrazine groups is 1. The summed E-state index contributed by atoms with van der Waals surface area (Å²) in [7, 11) is 2.55. The molecule has 0 spiro atoms. The van der Waals surface area contributed by atoms with Crippen molar-refractivity contribution in [3.63, 3.8) is 0 Å². The lowest BCUT2D eigenvalue weighted by molar-refractivity contribution is 0.0591. The van der Waals surface area contributed by atoms with Crippen molar-refractivity contribution >= 4 is 23.8 Å². The molecule has 3 rings (SSSR count). The third kappa shape index (κ3) is 4.93. The summed E-state index contributed by atoms with van der Waals surface area (Å²) in [5.41, 5.74) is 7.98. The Bertz CT molecular complexity index is 1210. The first-order valence-corrected chi connectivity index (χ1v) is 9.93. The van der Waals surface area contributed by atoms with Gasteiger partial charge in [0, 0.05) is 22.5 Å². The van der Waals surface area contributed by atoms with E-state index in [4.69, 9.17) is 4.74 Å². The minimum atomic E-state index is -0.574. The van der Waals surface area contributed by atoms with E-state index in [0.717, 1.165) is 11.4 Å². The van der Waals surface area contributed by atoms with Crippen LogP contribution < -0.4 is 10.9 Å². The highest BCUT2D eigenvalue weighted by Crippen LogP contribution is 2.23. The second-order valence-electron chi connectivity index (χ2n) is 7.15. The zero-order valence-electron chi connectivity index (χ0n) is 18.6. The normalized spacial score (nSPS) is 10.3. The summed E-state index contributed by atoms with van der Waals surface area (Å²) >= 11 is 0. The first-order valence-electron chi connectivity index (χ1n) is 9.93. The van der Waals surface area contributed by atoms with Gasteiger partial charge in [-0.1, -0.05) is 0 Å². The van der Waals surface area contributed by atoms with E-state index in [2.05, 4.69) is 15.6 Å². The number of carbonyl (C=O) groups excluding carboxylic acids is 4. The van der Waals surface area contributed by atoms with Crippen molar-refractivity contribution in [1.82, 2.24) is 15.4 Å². The Morgan fingerprint density at radius 1 is 0.667 bits per heavy atom. The summed E-state index contributed by atoms with van der Waals surface area (Å²) in [5.74, 6) is -2.19. The van der Waals surface area contributed by atoms with Crippen LogP contribution in [0.4, 0.5) is 0 Å². The van der Waals surface area contributed by atoms with Gasteiger partial charge in [0.2, 0.25) is 0 Å². The molecule has 1 heterocycles. The largest absolute Gasteiger partial charge is 0.465 e. The van der Waals surface area contributed by atoms with Crippen molar-refractivity contribution in [2.24, 2.45) is 0 Å². The van der Waals surface area contributed by atoms with Crippen LogP contribution in [0, 0.1) is 13.8 Å². The van der Waals surface area contributed by atoms with E-state index in [0.29, 0.717) is 16.8 Å². The molecule has 0 radical (unpaired) electrons. The van der Waals surface area contributed by atoms with E-state index in [1.165, 1.54) is 50.6 Å². The third-order valence-electron chi connectivity index (χ3n) is 5.04. The Hall–Kier alpha value is -4.40. The molecule has 3 aromatic rings. The van der Waals surface area contributed by atoms with Gasteiger partial charge in [-0.05, 0) is 68.4 Å². The number of nitrogens with one attached hydrogen (secondary N) is 2. The van der Waals surface area contributed by atoms with Crippen molar-refractivity contribution in [3.05, 3.63) is 88.2 Å². The van der Waals surface area contributed by atoms with Crippen LogP contribution in [0.15, 0.2) is 54.6 Å². The Balaban J connectivity index is 1.80. The molecule has 0 aliphatic rings. The number of aryl methyl sites for hydroxylation is 2. The molecular weight excluding hydrogens is 426 g/mol. The fourth-order valence-electron chi connectivity index (χ4n) is 3.32. The van der Waals surface area contributed by atoms with E-state index >= 15 is 0 Å². The lowest BCUT2D eigenvalue weighted by atomic mass is 10.1. The highest BCUT2D eigenvalue weighted by molar-refractivity contribution is 6.01. The van der Waals surface area contributed by atoms with E-state index < -0.39 is 23.8 Å². The Morgan fingerprint density at radius 3 is 1.70 bits per heavy atom. The Morgan fingerprint density at radius 2 is 1.15 bits per heavy atom. The number of amides is 2. The molecule has 2 aromatic carbocycles. The number of benzene rings is 2. The SMILES string of the molecule is COC(=O)c1ccc(C(=O)NNC(=O)c2ccc(C(=O)OC)c(-n3c(C)ccc3C)c2)cc1. The van der Waals surface area contributed by atoms with Gasteiger partial charge in [-0.2, -0.15) is 0 Å². The second-order valence-corrected chi connectivity index (χ2v) is 7.15. The first kappa shape index (κ1) is 23.3. The Labute approximate surface area is 190 Å². The highest BCUT2D eigenvalue weighted by Gasteiger charge is 2.19. The van der Waals surface area contributed by atoms with Crippen LogP contribution in [-0.2, 0) is 9.47 Å². The van der Waals surface area contributed by atoms with Gasteiger partial charge in [0.15, 0.2) is 0 Å². The van der Waals surface area contributed by atoms with Crippen LogP contribution in [0.5, 0.6) is 0 Å². The van der Waals surface area contributed by atoms with Crippen LogP contribution in [0.1, 0.15) is 52.8 Å². The number of carbonyl (C=O) groups is 4.